The minimum absolute atomic E-state index is 0.318. The Morgan fingerprint density at radius 2 is 1.57 bits per heavy atom. The van der Waals surface area contributed by atoms with Gasteiger partial charge in [0.1, 0.15) is 5.78 Å². The van der Waals surface area contributed by atoms with Gasteiger partial charge in [-0.05, 0) is 13.3 Å². The SMILES string of the molecule is C1CNCCN1.CCCCCC(C)=O. The highest BCUT2D eigenvalue weighted by atomic mass is 16.1. The van der Waals surface area contributed by atoms with Crippen LogP contribution in [0.25, 0.3) is 0 Å². The monoisotopic (exact) mass is 200 g/mol. The van der Waals surface area contributed by atoms with E-state index in [2.05, 4.69) is 17.6 Å². The van der Waals surface area contributed by atoms with E-state index in [1.54, 1.807) is 6.92 Å². The Hall–Kier alpha value is -0.410. The van der Waals surface area contributed by atoms with E-state index in [1.165, 1.54) is 12.8 Å². The van der Waals surface area contributed by atoms with Crippen LogP contribution >= 0.6 is 0 Å². The molecule has 0 aromatic heterocycles. The molecule has 0 aromatic carbocycles. The zero-order valence-electron chi connectivity index (χ0n) is 9.57. The largest absolute Gasteiger partial charge is 0.314 e. The number of ketones is 1. The first-order chi connectivity index (χ1) is 6.77. The summed E-state index contributed by atoms with van der Waals surface area (Å²) < 4.78 is 0. The molecule has 1 heterocycles. The lowest BCUT2D eigenvalue weighted by Gasteiger charge is -2.11. The molecular weight excluding hydrogens is 176 g/mol. The third-order valence-corrected chi connectivity index (χ3v) is 2.09. The molecule has 0 spiro atoms. The van der Waals surface area contributed by atoms with Gasteiger partial charge in [-0.25, -0.2) is 0 Å². The molecule has 0 amide bonds. The van der Waals surface area contributed by atoms with Crippen LogP contribution in [0.1, 0.15) is 39.5 Å². The fraction of sp³-hybridized carbons (Fsp3) is 0.909. The molecule has 0 saturated carbocycles. The Balaban J connectivity index is 0.000000249. The summed E-state index contributed by atoms with van der Waals surface area (Å²) in [6, 6.07) is 0. The summed E-state index contributed by atoms with van der Waals surface area (Å²) in [6.45, 7) is 8.34. The van der Waals surface area contributed by atoms with Crippen molar-refractivity contribution >= 4 is 5.78 Å². The van der Waals surface area contributed by atoms with E-state index in [-0.39, 0.29) is 0 Å². The van der Waals surface area contributed by atoms with Gasteiger partial charge in [0, 0.05) is 32.6 Å². The van der Waals surface area contributed by atoms with Gasteiger partial charge in [0.05, 0.1) is 0 Å². The number of carbonyl (C=O) groups excluding carboxylic acids is 1. The van der Waals surface area contributed by atoms with E-state index in [0.29, 0.717) is 5.78 Å². The minimum atomic E-state index is 0.318. The van der Waals surface area contributed by atoms with Crippen LogP contribution in [-0.2, 0) is 4.79 Å². The van der Waals surface area contributed by atoms with Crippen molar-refractivity contribution in [1.82, 2.24) is 10.6 Å². The van der Waals surface area contributed by atoms with Gasteiger partial charge in [-0.3, -0.25) is 0 Å². The molecule has 0 atom stereocenters. The van der Waals surface area contributed by atoms with Crippen molar-refractivity contribution < 1.29 is 4.79 Å². The third kappa shape index (κ3) is 11.6. The molecule has 3 heteroatoms. The van der Waals surface area contributed by atoms with Crippen LogP contribution in [-0.4, -0.2) is 32.0 Å². The van der Waals surface area contributed by atoms with Crippen molar-refractivity contribution in [3.05, 3.63) is 0 Å². The van der Waals surface area contributed by atoms with Crippen LogP contribution in [0.4, 0.5) is 0 Å². The van der Waals surface area contributed by atoms with E-state index in [1.807, 2.05) is 0 Å². The van der Waals surface area contributed by atoms with Gasteiger partial charge in [0.25, 0.3) is 0 Å². The topological polar surface area (TPSA) is 41.1 Å². The second-order valence-electron chi connectivity index (χ2n) is 3.66. The van der Waals surface area contributed by atoms with E-state index < -0.39 is 0 Å². The maximum absolute atomic E-state index is 10.3. The number of rotatable bonds is 4. The lowest BCUT2D eigenvalue weighted by Crippen LogP contribution is -2.39. The lowest BCUT2D eigenvalue weighted by atomic mass is 10.2. The smallest absolute Gasteiger partial charge is 0.129 e. The van der Waals surface area contributed by atoms with E-state index in [9.17, 15) is 4.79 Å². The summed E-state index contributed by atoms with van der Waals surface area (Å²) in [5.74, 6) is 0.318. The Morgan fingerprint density at radius 3 is 1.86 bits per heavy atom. The Labute approximate surface area is 87.6 Å². The molecule has 84 valence electrons. The van der Waals surface area contributed by atoms with Gasteiger partial charge in [-0.15, -0.1) is 0 Å². The molecule has 1 aliphatic rings. The molecule has 0 aliphatic carbocycles. The molecule has 0 radical (unpaired) electrons. The average molecular weight is 200 g/mol. The van der Waals surface area contributed by atoms with Gasteiger partial charge >= 0.3 is 0 Å². The van der Waals surface area contributed by atoms with Gasteiger partial charge in [-0.2, -0.15) is 0 Å². The predicted molar refractivity (Wildman–Crippen MR) is 60.6 cm³/mol. The second-order valence-corrected chi connectivity index (χ2v) is 3.66. The fourth-order valence-corrected chi connectivity index (χ4v) is 1.23. The third-order valence-electron chi connectivity index (χ3n) is 2.09. The molecular formula is C11H24N2O. The Bertz CT molecular complexity index is 122. The average Bonchev–Trinajstić information content (AvgIpc) is 2.21. The van der Waals surface area contributed by atoms with E-state index in [4.69, 9.17) is 0 Å². The minimum Gasteiger partial charge on any atom is -0.314 e. The van der Waals surface area contributed by atoms with Crippen LogP contribution in [0.2, 0.25) is 0 Å². The molecule has 0 unspecified atom stereocenters. The first kappa shape index (κ1) is 13.6. The van der Waals surface area contributed by atoms with Crippen molar-refractivity contribution in [3.63, 3.8) is 0 Å². The second kappa shape index (κ2) is 10.7. The van der Waals surface area contributed by atoms with Gasteiger partial charge in [-0.1, -0.05) is 19.8 Å². The Morgan fingerprint density at radius 1 is 1.07 bits per heavy atom. The molecule has 0 bridgehead atoms. The van der Waals surface area contributed by atoms with E-state index in [0.717, 1.165) is 39.0 Å². The van der Waals surface area contributed by atoms with Crippen molar-refractivity contribution in [3.8, 4) is 0 Å². The maximum atomic E-state index is 10.3. The number of hydrogen-bond donors (Lipinski definition) is 2. The molecule has 0 aromatic rings. The quantitative estimate of drug-likeness (QED) is 0.673. The summed E-state index contributed by atoms with van der Waals surface area (Å²) in [6.07, 6.45) is 4.24. The highest BCUT2D eigenvalue weighted by Gasteiger charge is 1.91. The summed E-state index contributed by atoms with van der Waals surface area (Å²) in [5, 5.41) is 6.44. The number of hydrogen-bond acceptors (Lipinski definition) is 3. The number of unbranched alkanes of at least 4 members (excludes halogenated alkanes) is 2. The van der Waals surface area contributed by atoms with Crippen molar-refractivity contribution in [1.29, 1.82) is 0 Å². The van der Waals surface area contributed by atoms with Gasteiger partial charge in [0.15, 0.2) is 0 Å². The number of piperazine rings is 1. The number of nitrogens with one attached hydrogen (secondary N) is 2. The summed E-state index contributed by atoms with van der Waals surface area (Å²) in [7, 11) is 0. The normalized spacial score (nSPS) is 15.6. The lowest BCUT2D eigenvalue weighted by molar-refractivity contribution is -0.117. The van der Waals surface area contributed by atoms with Crippen LogP contribution in [0, 0.1) is 0 Å². The summed E-state index contributed by atoms with van der Waals surface area (Å²) >= 11 is 0. The summed E-state index contributed by atoms with van der Waals surface area (Å²) in [4.78, 5) is 10.3. The van der Waals surface area contributed by atoms with Gasteiger partial charge < -0.3 is 15.4 Å². The first-order valence-corrected chi connectivity index (χ1v) is 5.68. The highest BCUT2D eigenvalue weighted by Crippen LogP contribution is 1.98. The standard InChI is InChI=1S/C7H14O.C4H10N2/c1-3-4-5-6-7(2)8;1-2-6-4-3-5-1/h3-6H2,1-2H3;5-6H,1-4H2. The molecule has 1 fully saturated rings. The molecule has 1 aliphatic heterocycles. The van der Waals surface area contributed by atoms with Crippen LogP contribution < -0.4 is 10.6 Å². The first-order valence-electron chi connectivity index (χ1n) is 5.68. The zero-order valence-corrected chi connectivity index (χ0v) is 9.57. The zero-order chi connectivity index (χ0) is 10.6. The highest BCUT2D eigenvalue weighted by molar-refractivity contribution is 5.75. The van der Waals surface area contributed by atoms with Gasteiger partial charge in [0.2, 0.25) is 0 Å². The maximum Gasteiger partial charge on any atom is 0.129 e. The predicted octanol–water partition coefficient (Wildman–Crippen LogP) is 1.33. The van der Waals surface area contributed by atoms with Crippen LogP contribution in [0.15, 0.2) is 0 Å². The van der Waals surface area contributed by atoms with Crippen molar-refractivity contribution in [2.75, 3.05) is 26.2 Å². The Kier molecular flexibility index (Phi) is 10.4. The number of Topliss-reactive ketones (excluding diaryl/α,β-unsaturated/α-hetero) is 1. The fourth-order valence-electron chi connectivity index (χ4n) is 1.23. The molecule has 2 N–H and O–H groups in total. The van der Waals surface area contributed by atoms with Crippen LogP contribution in [0.5, 0.6) is 0 Å². The summed E-state index contributed by atoms with van der Waals surface area (Å²) in [5.41, 5.74) is 0. The molecule has 1 saturated heterocycles. The number of carbonyl (C=O) groups is 1. The van der Waals surface area contributed by atoms with Crippen molar-refractivity contribution in [2.24, 2.45) is 0 Å². The van der Waals surface area contributed by atoms with Crippen molar-refractivity contribution in [2.45, 2.75) is 39.5 Å². The van der Waals surface area contributed by atoms with Crippen LogP contribution in [0.3, 0.4) is 0 Å². The molecule has 1 rings (SSSR count). The molecule has 14 heavy (non-hydrogen) atoms. The molecule has 3 nitrogen and oxygen atoms in total. The van der Waals surface area contributed by atoms with E-state index >= 15 is 0 Å².